The van der Waals surface area contributed by atoms with E-state index in [0.29, 0.717) is 42.3 Å². The summed E-state index contributed by atoms with van der Waals surface area (Å²) in [6.45, 7) is 0.310. The Labute approximate surface area is 204 Å². The van der Waals surface area contributed by atoms with Crippen LogP contribution >= 0.6 is 0 Å². The van der Waals surface area contributed by atoms with Gasteiger partial charge in [-0.2, -0.15) is 4.31 Å². The number of anilines is 1. The Hall–Kier alpha value is -3.31. The number of rotatable bonds is 6. The molecule has 0 saturated carbocycles. The van der Waals surface area contributed by atoms with Crippen molar-refractivity contribution in [3.8, 4) is 17.2 Å². The van der Waals surface area contributed by atoms with Gasteiger partial charge in [0.05, 0.1) is 44.4 Å². The van der Waals surface area contributed by atoms with Gasteiger partial charge in [-0.25, -0.2) is 13.2 Å². The fourth-order valence-corrected chi connectivity index (χ4v) is 5.95. The normalized spacial score (nSPS) is 20.4. The fraction of sp³-hybridized carbons (Fsp3) is 0.417. The van der Waals surface area contributed by atoms with Crippen molar-refractivity contribution in [3.63, 3.8) is 0 Å². The molecule has 1 saturated heterocycles. The zero-order valence-electron chi connectivity index (χ0n) is 19.8. The lowest BCUT2D eigenvalue weighted by molar-refractivity contribution is -0.148. The van der Waals surface area contributed by atoms with Crippen molar-refractivity contribution in [1.82, 2.24) is 4.31 Å². The van der Waals surface area contributed by atoms with E-state index in [1.807, 2.05) is 0 Å². The highest BCUT2D eigenvalue weighted by molar-refractivity contribution is 7.89. The van der Waals surface area contributed by atoms with Gasteiger partial charge in [-0.05, 0) is 37.1 Å². The third-order valence-corrected chi connectivity index (χ3v) is 8.09. The molecule has 2 aliphatic heterocycles. The molecule has 0 unspecified atom stereocenters. The number of ether oxygens (including phenoxy) is 4. The largest absolute Gasteiger partial charge is 0.493 e. The molecule has 2 aromatic carbocycles. The number of hydrogen-bond donors (Lipinski definition) is 0. The highest BCUT2D eigenvalue weighted by Crippen LogP contribution is 2.36. The summed E-state index contributed by atoms with van der Waals surface area (Å²) < 4.78 is 49.1. The minimum absolute atomic E-state index is 0.0125. The lowest BCUT2D eigenvalue weighted by Gasteiger charge is -2.38. The summed E-state index contributed by atoms with van der Waals surface area (Å²) in [4.78, 5) is 27.4. The molecule has 2 heterocycles. The molecular formula is C24H28N2O8S. The van der Waals surface area contributed by atoms with Gasteiger partial charge >= 0.3 is 5.97 Å². The van der Waals surface area contributed by atoms with E-state index in [0.717, 1.165) is 0 Å². The van der Waals surface area contributed by atoms with Crippen molar-refractivity contribution in [1.29, 1.82) is 0 Å². The van der Waals surface area contributed by atoms with Crippen LogP contribution < -0.4 is 19.1 Å². The van der Waals surface area contributed by atoms with Crippen LogP contribution in [0.25, 0.3) is 0 Å². The number of nitrogens with zero attached hydrogens (tertiary/aromatic N) is 2. The van der Waals surface area contributed by atoms with Gasteiger partial charge in [-0.3, -0.25) is 4.79 Å². The highest BCUT2D eigenvalue weighted by Gasteiger charge is 2.40. The first kappa shape index (κ1) is 24.8. The number of esters is 1. The van der Waals surface area contributed by atoms with E-state index >= 15 is 0 Å². The molecule has 0 aromatic heterocycles. The van der Waals surface area contributed by atoms with E-state index in [4.69, 9.17) is 18.9 Å². The molecule has 188 valence electrons. The minimum atomic E-state index is -3.88. The maximum atomic E-state index is 13.6. The first-order chi connectivity index (χ1) is 16.8. The molecule has 0 spiro atoms. The van der Waals surface area contributed by atoms with Crippen molar-refractivity contribution in [2.75, 3.05) is 45.9 Å². The monoisotopic (exact) mass is 504 g/mol. The molecule has 10 nitrogen and oxygen atoms in total. The zero-order valence-corrected chi connectivity index (χ0v) is 20.6. The van der Waals surface area contributed by atoms with Crippen LogP contribution in [0.3, 0.4) is 0 Å². The zero-order chi connectivity index (χ0) is 25.2. The Kier molecular flexibility index (Phi) is 7.18. The van der Waals surface area contributed by atoms with E-state index in [1.165, 1.54) is 48.7 Å². The summed E-state index contributed by atoms with van der Waals surface area (Å²) in [6.07, 6.45) is 0.0863. The van der Waals surface area contributed by atoms with Crippen LogP contribution in [0.2, 0.25) is 0 Å². The molecule has 2 aromatic rings. The molecule has 11 heteroatoms. The summed E-state index contributed by atoms with van der Waals surface area (Å²) in [5, 5.41) is 0. The summed E-state index contributed by atoms with van der Waals surface area (Å²) in [6, 6.07) is 11.4. The summed E-state index contributed by atoms with van der Waals surface area (Å²) in [5.74, 6) is -0.307. The number of sulfonamides is 1. The summed E-state index contributed by atoms with van der Waals surface area (Å²) in [5.41, 5.74) is 0.539. The second-order valence-electron chi connectivity index (χ2n) is 8.27. The average molecular weight is 505 g/mol. The van der Waals surface area contributed by atoms with Gasteiger partial charge in [0.25, 0.3) is 0 Å². The van der Waals surface area contributed by atoms with Gasteiger partial charge in [0.2, 0.25) is 22.0 Å². The SMILES string of the molecule is COC(=O)[C@@H]1CN(C(=O)[C@H]2CCCN(S(=O)(=O)c3ccc(OC)c(OC)c3)C2)c2ccccc2O1. The second-order valence-corrected chi connectivity index (χ2v) is 10.2. The van der Waals surface area contributed by atoms with Crippen molar-refractivity contribution in [3.05, 3.63) is 42.5 Å². The quantitative estimate of drug-likeness (QED) is 0.550. The Bertz CT molecular complexity index is 1220. The van der Waals surface area contributed by atoms with Gasteiger partial charge in [-0.15, -0.1) is 0 Å². The molecule has 2 aliphatic rings. The number of carbonyl (C=O) groups is 2. The standard InChI is InChI=1S/C24H28N2O8S/c1-31-20-11-10-17(13-21(20)32-2)35(29,30)25-12-6-7-16(14-25)23(27)26-15-22(24(28)33-3)34-19-9-5-4-8-18(19)26/h4-5,8-11,13,16,22H,6-7,12,14-15H2,1-3H3/t16-,22-/m0/s1. The van der Waals surface area contributed by atoms with E-state index in [-0.39, 0.29) is 23.9 Å². The molecule has 0 N–H and O–H groups in total. The number of carbonyl (C=O) groups excluding carboxylic acids is 2. The van der Waals surface area contributed by atoms with E-state index in [9.17, 15) is 18.0 Å². The number of para-hydroxylation sites is 2. The van der Waals surface area contributed by atoms with Crippen LogP contribution in [0.1, 0.15) is 12.8 Å². The second kappa shape index (κ2) is 10.1. The van der Waals surface area contributed by atoms with Crippen LogP contribution in [0, 0.1) is 5.92 Å². The molecular weight excluding hydrogens is 476 g/mol. The molecule has 1 fully saturated rings. The van der Waals surface area contributed by atoms with Gasteiger partial charge < -0.3 is 23.8 Å². The topological polar surface area (TPSA) is 112 Å². The van der Waals surface area contributed by atoms with Crippen molar-refractivity contribution in [2.24, 2.45) is 5.92 Å². The Morgan fingerprint density at radius 2 is 1.74 bits per heavy atom. The summed E-state index contributed by atoms with van der Waals surface area (Å²) >= 11 is 0. The van der Waals surface area contributed by atoms with Gasteiger partial charge in [0, 0.05) is 19.2 Å². The van der Waals surface area contributed by atoms with Crippen LogP contribution in [0.15, 0.2) is 47.4 Å². The van der Waals surface area contributed by atoms with Crippen LogP contribution in [0.5, 0.6) is 17.2 Å². The molecule has 0 bridgehead atoms. The maximum Gasteiger partial charge on any atom is 0.348 e. The molecule has 4 rings (SSSR count). The molecule has 1 amide bonds. The highest BCUT2D eigenvalue weighted by atomic mass is 32.2. The average Bonchev–Trinajstić information content (AvgIpc) is 2.91. The number of fused-ring (bicyclic) bond motifs is 1. The summed E-state index contributed by atoms with van der Waals surface area (Å²) in [7, 11) is 0.293. The van der Waals surface area contributed by atoms with Crippen LogP contribution in [-0.4, -0.2) is 71.7 Å². The van der Waals surface area contributed by atoms with Gasteiger partial charge in [0.1, 0.15) is 5.75 Å². The number of methoxy groups -OCH3 is 3. The van der Waals surface area contributed by atoms with Crippen LogP contribution in [0.4, 0.5) is 5.69 Å². The minimum Gasteiger partial charge on any atom is -0.493 e. The molecule has 2 atom stereocenters. The van der Waals surface area contributed by atoms with E-state index in [1.54, 1.807) is 24.3 Å². The number of hydrogen-bond acceptors (Lipinski definition) is 8. The van der Waals surface area contributed by atoms with Crippen LogP contribution in [-0.2, 0) is 24.3 Å². The van der Waals surface area contributed by atoms with Crippen molar-refractivity contribution < 1.29 is 37.0 Å². The fourth-order valence-electron chi connectivity index (χ4n) is 4.41. The molecule has 0 aliphatic carbocycles. The van der Waals surface area contributed by atoms with E-state index in [2.05, 4.69) is 0 Å². The lowest BCUT2D eigenvalue weighted by atomic mass is 9.97. The maximum absolute atomic E-state index is 13.6. The third-order valence-electron chi connectivity index (χ3n) is 6.23. The van der Waals surface area contributed by atoms with Gasteiger partial charge in [-0.1, -0.05) is 12.1 Å². The smallest absolute Gasteiger partial charge is 0.348 e. The lowest BCUT2D eigenvalue weighted by Crippen LogP contribution is -2.52. The third kappa shape index (κ3) is 4.78. The first-order valence-electron chi connectivity index (χ1n) is 11.2. The predicted molar refractivity (Wildman–Crippen MR) is 126 cm³/mol. The number of amides is 1. The number of benzene rings is 2. The van der Waals surface area contributed by atoms with E-state index < -0.39 is 28.0 Å². The predicted octanol–water partition coefficient (Wildman–Crippen LogP) is 2.07. The van der Waals surface area contributed by atoms with Crippen molar-refractivity contribution >= 4 is 27.6 Å². The Morgan fingerprint density at radius 3 is 2.46 bits per heavy atom. The molecule has 35 heavy (non-hydrogen) atoms. The first-order valence-corrected chi connectivity index (χ1v) is 12.6. The number of piperidine rings is 1. The Morgan fingerprint density at radius 1 is 1.00 bits per heavy atom. The molecule has 0 radical (unpaired) electrons. The Balaban J connectivity index is 1.58. The van der Waals surface area contributed by atoms with Gasteiger partial charge in [0.15, 0.2) is 11.5 Å². The van der Waals surface area contributed by atoms with Crippen molar-refractivity contribution in [2.45, 2.75) is 23.8 Å².